The first kappa shape index (κ1) is 13.5. The molecule has 0 aliphatic heterocycles. The zero-order valence-electron chi connectivity index (χ0n) is 10.7. The number of amides is 1. The fraction of sp³-hybridized carbons (Fsp3) is 0.231. The summed E-state index contributed by atoms with van der Waals surface area (Å²) < 4.78 is 0. The Balaban J connectivity index is 2.17. The number of amidine groups is 1. The Morgan fingerprint density at radius 1 is 1.45 bits per heavy atom. The molecule has 102 valence electrons. The van der Waals surface area contributed by atoms with Crippen LogP contribution in [0.2, 0.25) is 0 Å². The second-order valence-electron chi connectivity index (χ2n) is 4.39. The third-order valence-corrected chi connectivity index (χ3v) is 2.73. The summed E-state index contributed by atoms with van der Waals surface area (Å²) in [5, 5.41) is 22.5. The smallest absolute Gasteiger partial charge is 0.253 e. The van der Waals surface area contributed by atoms with Gasteiger partial charge in [-0.15, -0.1) is 0 Å². The summed E-state index contributed by atoms with van der Waals surface area (Å²) in [7, 11) is 0. The molecule has 0 atom stereocenters. The number of carbonyl (C=O) groups excluding carboxylic acids is 1. The van der Waals surface area contributed by atoms with Crippen LogP contribution in [0.25, 0.3) is 0 Å². The molecule has 0 unspecified atom stereocenters. The van der Waals surface area contributed by atoms with Crippen molar-refractivity contribution in [1.29, 1.82) is 10.7 Å². The minimum Gasteiger partial charge on any atom is -0.382 e. The summed E-state index contributed by atoms with van der Waals surface area (Å²) >= 11 is 0. The van der Waals surface area contributed by atoms with Crippen molar-refractivity contribution >= 4 is 23.1 Å². The molecule has 0 radical (unpaired) electrons. The Hall–Kier alpha value is -2.88. The molecule has 1 amide bonds. The summed E-state index contributed by atoms with van der Waals surface area (Å²) in [5.41, 5.74) is 8.46. The average molecular weight is 270 g/mol. The van der Waals surface area contributed by atoms with Gasteiger partial charge in [-0.05, 0) is 25.0 Å². The third kappa shape index (κ3) is 3.32. The lowest BCUT2D eigenvalue weighted by molar-refractivity contribution is 0.0952. The molecule has 0 spiro atoms. The first-order valence-corrected chi connectivity index (χ1v) is 6.10. The van der Waals surface area contributed by atoms with Crippen molar-refractivity contribution in [2.75, 3.05) is 5.43 Å². The quantitative estimate of drug-likeness (QED) is 0.358. The highest BCUT2D eigenvalue weighted by Crippen LogP contribution is 2.21. The lowest BCUT2D eigenvalue weighted by Crippen LogP contribution is -2.26. The number of anilines is 1. The second-order valence-corrected chi connectivity index (χ2v) is 4.39. The van der Waals surface area contributed by atoms with Crippen LogP contribution in [0, 0.1) is 16.7 Å². The second kappa shape index (κ2) is 5.84. The summed E-state index contributed by atoms with van der Waals surface area (Å²) in [4.78, 5) is 12.0. The van der Waals surface area contributed by atoms with Crippen LogP contribution >= 0.6 is 0 Å². The number of hydrogen-bond donors (Lipinski definition) is 4. The van der Waals surface area contributed by atoms with Gasteiger partial charge in [0.15, 0.2) is 5.84 Å². The highest BCUT2D eigenvalue weighted by Gasteiger charge is 2.24. The van der Waals surface area contributed by atoms with Crippen molar-refractivity contribution in [3.8, 4) is 6.07 Å². The number of nitrogens with zero attached hydrogens (tertiary/aromatic N) is 2. The maximum absolute atomic E-state index is 12.0. The summed E-state index contributed by atoms with van der Waals surface area (Å²) in [6.07, 6.45) is 2.00. The molecule has 5 N–H and O–H groups in total. The SMILES string of the molecule is N#C/C(=N\Nc1ccccc1C(=O)NC1CC1)C(=N)N. The van der Waals surface area contributed by atoms with E-state index in [1.807, 2.05) is 0 Å². The minimum absolute atomic E-state index is 0.188. The van der Waals surface area contributed by atoms with E-state index >= 15 is 0 Å². The number of para-hydroxylation sites is 1. The molecule has 1 saturated carbocycles. The Bertz CT molecular complexity index is 612. The van der Waals surface area contributed by atoms with Crippen molar-refractivity contribution < 1.29 is 4.79 Å². The van der Waals surface area contributed by atoms with Gasteiger partial charge < -0.3 is 11.1 Å². The van der Waals surface area contributed by atoms with Gasteiger partial charge in [-0.25, -0.2) is 0 Å². The molecule has 1 aliphatic rings. The normalized spacial score (nSPS) is 14.2. The maximum atomic E-state index is 12.0. The van der Waals surface area contributed by atoms with Crippen LogP contribution in [0.5, 0.6) is 0 Å². The number of benzene rings is 1. The largest absolute Gasteiger partial charge is 0.382 e. The number of hydrazone groups is 1. The predicted molar refractivity (Wildman–Crippen MR) is 75.5 cm³/mol. The molecule has 0 saturated heterocycles. The Morgan fingerprint density at radius 3 is 2.75 bits per heavy atom. The third-order valence-electron chi connectivity index (χ3n) is 2.73. The van der Waals surface area contributed by atoms with Crippen LogP contribution in [0.4, 0.5) is 5.69 Å². The van der Waals surface area contributed by atoms with Crippen LogP contribution in [0.1, 0.15) is 23.2 Å². The molecular formula is C13H14N6O. The highest BCUT2D eigenvalue weighted by molar-refractivity contribution is 6.45. The van der Waals surface area contributed by atoms with Crippen molar-refractivity contribution in [3.05, 3.63) is 29.8 Å². The number of carbonyl (C=O) groups is 1. The van der Waals surface area contributed by atoms with Crippen LogP contribution in [-0.4, -0.2) is 23.5 Å². The molecule has 0 aromatic heterocycles. The molecule has 1 aromatic carbocycles. The molecular weight excluding hydrogens is 256 g/mol. The van der Waals surface area contributed by atoms with Gasteiger partial charge in [0.1, 0.15) is 6.07 Å². The lowest BCUT2D eigenvalue weighted by Gasteiger charge is -2.09. The summed E-state index contributed by atoms with van der Waals surface area (Å²) in [6, 6.07) is 8.77. The molecule has 7 heteroatoms. The number of hydrogen-bond acceptors (Lipinski definition) is 5. The van der Waals surface area contributed by atoms with Gasteiger partial charge in [-0.3, -0.25) is 15.6 Å². The molecule has 7 nitrogen and oxygen atoms in total. The van der Waals surface area contributed by atoms with Crippen molar-refractivity contribution in [1.82, 2.24) is 5.32 Å². The van der Waals surface area contributed by atoms with Gasteiger partial charge in [0, 0.05) is 6.04 Å². The van der Waals surface area contributed by atoms with E-state index in [-0.39, 0.29) is 17.7 Å². The number of rotatable bonds is 5. The lowest BCUT2D eigenvalue weighted by atomic mass is 10.1. The van der Waals surface area contributed by atoms with E-state index in [9.17, 15) is 4.79 Å². The van der Waals surface area contributed by atoms with E-state index in [1.165, 1.54) is 0 Å². The molecule has 20 heavy (non-hydrogen) atoms. The first-order valence-electron chi connectivity index (χ1n) is 6.10. The standard InChI is InChI=1S/C13H14N6O/c14-7-11(12(15)16)19-18-10-4-2-1-3-9(10)13(20)17-8-5-6-8/h1-4,8,18H,5-6H2,(H3,15,16)(H,17,20)/b19-11+. The van der Waals surface area contributed by atoms with E-state index in [0.29, 0.717) is 11.3 Å². The molecule has 0 bridgehead atoms. The van der Waals surface area contributed by atoms with Gasteiger partial charge in [0.2, 0.25) is 5.71 Å². The highest BCUT2D eigenvalue weighted by atomic mass is 16.1. The molecule has 1 aliphatic carbocycles. The number of nitrogens with one attached hydrogen (secondary N) is 3. The van der Waals surface area contributed by atoms with E-state index in [2.05, 4.69) is 15.8 Å². The predicted octanol–water partition coefficient (Wildman–Crippen LogP) is 0.806. The zero-order chi connectivity index (χ0) is 14.5. The number of nitriles is 1. The monoisotopic (exact) mass is 270 g/mol. The summed E-state index contributed by atoms with van der Waals surface area (Å²) in [5.74, 6) is -0.618. The molecule has 0 heterocycles. The van der Waals surface area contributed by atoms with Gasteiger partial charge in [0.25, 0.3) is 5.91 Å². The van der Waals surface area contributed by atoms with E-state index in [0.717, 1.165) is 12.8 Å². The van der Waals surface area contributed by atoms with Gasteiger partial charge >= 0.3 is 0 Å². The fourth-order valence-electron chi connectivity index (χ4n) is 1.53. The van der Waals surface area contributed by atoms with E-state index < -0.39 is 5.84 Å². The zero-order valence-corrected chi connectivity index (χ0v) is 10.7. The number of nitrogens with two attached hydrogens (primary N) is 1. The Morgan fingerprint density at radius 2 is 2.15 bits per heavy atom. The van der Waals surface area contributed by atoms with Crippen LogP contribution in [-0.2, 0) is 0 Å². The molecule has 2 rings (SSSR count). The minimum atomic E-state index is -0.431. The maximum Gasteiger partial charge on any atom is 0.253 e. The van der Waals surface area contributed by atoms with Crippen molar-refractivity contribution in [2.45, 2.75) is 18.9 Å². The Kier molecular flexibility index (Phi) is 3.96. The van der Waals surface area contributed by atoms with Gasteiger partial charge in [-0.2, -0.15) is 10.4 Å². The van der Waals surface area contributed by atoms with Gasteiger partial charge in [0.05, 0.1) is 11.3 Å². The Labute approximate surface area is 116 Å². The van der Waals surface area contributed by atoms with E-state index in [1.54, 1.807) is 30.3 Å². The fourth-order valence-corrected chi connectivity index (χ4v) is 1.53. The van der Waals surface area contributed by atoms with Gasteiger partial charge in [-0.1, -0.05) is 12.1 Å². The first-order chi connectivity index (χ1) is 9.61. The molecule has 1 fully saturated rings. The van der Waals surface area contributed by atoms with Crippen molar-refractivity contribution in [2.24, 2.45) is 10.8 Å². The average Bonchev–Trinajstić information content (AvgIpc) is 3.23. The topological polar surface area (TPSA) is 127 Å². The van der Waals surface area contributed by atoms with Crippen LogP contribution in [0.3, 0.4) is 0 Å². The van der Waals surface area contributed by atoms with Crippen LogP contribution in [0.15, 0.2) is 29.4 Å². The molecule has 1 aromatic rings. The van der Waals surface area contributed by atoms with Crippen LogP contribution < -0.4 is 16.5 Å². The van der Waals surface area contributed by atoms with Crippen molar-refractivity contribution in [3.63, 3.8) is 0 Å². The summed E-state index contributed by atoms with van der Waals surface area (Å²) in [6.45, 7) is 0. The van der Waals surface area contributed by atoms with E-state index in [4.69, 9.17) is 16.4 Å².